The van der Waals surface area contributed by atoms with E-state index in [-0.39, 0.29) is 17.5 Å². The van der Waals surface area contributed by atoms with Crippen LogP contribution in [0.4, 0.5) is 4.79 Å². The van der Waals surface area contributed by atoms with Crippen molar-refractivity contribution in [2.45, 2.75) is 6.54 Å². The summed E-state index contributed by atoms with van der Waals surface area (Å²) < 4.78 is 5.21. The second-order valence-corrected chi connectivity index (χ2v) is 6.03. The molecule has 0 radical (unpaired) electrons. The molecular weight excluding hydrogens is 318 g/mol. The fourth-order valence-corrected chi connectivity index (χ4v) is 2.98. The monoisotopic (exact) mass is 335 g/mol. The molecule has 23 heavy (non-hydrogen) atoms. The van der Waals surface area contributed by atoms with E-state index in [0.717, 1.165) is 5.01 Å². The molecule has 1 saturated heterocycles. The van der Waals surface area contributed by atoms with Crippen molar-refractivity contribution < 1.29 is 19.7 Å². The molecule has 2 heterocycles. The van der Waals surface area contributed by atoms with Gasteiger partial charge in [0.15, 0.2) is 11.5 Å². The van der Waals surface area contributed by atoms with Crippen LogP contribution in [-0.4, -0.2) is 52.4 Å². The second-order valence-electron chi connectivity index (χ2n) is 5.09. The molecule has 1 aliphatic heterocycles. The summed E-state index contributed by atoms with van der Waals surface area (Å²) in [5.74, 6) is -0.348. The highest BCUT2D eigenvalue weighted by atomic mass is 32.1. The zero-order valence-electron chi connectivity index (χ0n) is 12.4. The summed E-state index contributed by atoms with van der Waals surface area (Å²) in [4.78, 5) is 18.2. The molecule has 1 fully saturated rings. The Morgan fingerprint density at radius 3 is 2.83 bits per heavy atom. The van der Waals surface area contributed by atoms with E-state index in [9.17, 15) is 15.0 Å². The number of hydrogen-bond acceptors (Lipinski definition) is 6. The van der Waals surface area contributed by atoms with E-state index in [1.54, 1.807) is 11.0 Å². The summed E-state index contributed by atoms with van der Waals surface area (Å²) in [5, 5.41) is 24.3. The van der Waals surface area contributed by atoms with Gasteiger partial charge in [-0.2, -0.15) is 0 Å². The highest BCUT2D eigenvalue weighted by Gasteiger charge is 2.16. The zero-order chi connectivity index (χ0) is 16.2. The number of benzene rings is 1. The van der Waals surface area contributed by atoms with Crippen molar-refractivity contribution in [2.24, 2.45) is 0 Å². The number of aromatic nitrogens is 1. The van der Waals surface area contributed by atoms with Crippen LogP contribution in [0, 0.1) is 0 Å². The van der Waals surface area contributed by atoms with Crippen molar-refractivity contribution in [1.29, 1.82) is 0 Å². The molecule has 0 bridgehead atoms. The number of phenolic OH excluding ortho intramolecular Hbond substituents is 2. The van der Waals surface area contributed by atoms with Crippen LogP contribution in [0.25, 0.3) is 11.3 Å². The van der Waals surface area contributed by atoms with Crippen LogP contribution in [0.15, 0.2) is 23.6 Å². The highest BCUT2D eigenvalue weighted by molar-refractivity contribution is 7.09. The second kappa shape index (κ2) is 6.84. The van der Waals surface area contributed by atoms with Gasteiger partial charge in [-0.05, 0) is 18.2 Å². The molecule has 2 aromatic rings. The smallest absolute Gasteiger partial charge is 0.317 e. The summed E-state index contributed by atoms with van der Waals surface area (Å²) in [5.41, 5.74) is 1.41. The molecule has 0 saturated carbocycles. The van der Waals surface area contributed by atoms with Gasteiger partial charge in [-0.25, -0.2) is 9.78 Å². The number of ether oxygens (including phenoxy) is 1. The predicted octanol–water partition coefficient (Wildman–Crippen LogP) is 1.76. The first-order valence-electron chi connectivity index (χ1n) is 7.21. The van der Waals surface area contributed by atoms with Gasteiger partial charge in [0.05, 0.1) is 25.5 Å². The number of carbonyl (C=O) groups excluding carboxylic acids is 1. The molecule has 0 unspecified atom stereocenters. The Morgan fingerprint density at radius 1 is 1.30 bits per heavy atom. The summed E-state index contributed by atoms with van der Waals surface area (Å²) in [6.45, 7) is 2.69. The molecule has 1 aromatic carbocycles. The first-order chi connectivity index (χ1) is 11.1. The number of aromatic hydroxyl groups is 2. The van der Waals surface area contributed by atoms with Crippen LogP contribution >= 0.6 is 11.3 Å². The van der Waals surface area contributed by atoms with Crippen molar-refractivity contribution >= 4 is 17.4 Å². The molecule has 1 aliphatic rings. The van der Waals surface area contributed by atoms with Crippen molar-refractivity contribution in [3.8, 4) is 22.8 Å². The summed E-state index contributed by atoms with van der Waals surface area (Å²) in [6, 6.07) is 4.44. The lowest BCUT2D eigenvalue weighted by Gasteiger charge is -2.26. The molecule has 3 N–H and O–H groups in total. The zero-order valence-corrected chi connectivity index (χ0v) is 13.2. The predicted molar refractivity (Wildman–Crippen MR) is 85.5 cm³/mol. The van der Waals surface area contributed by atoms with Gasteiger partial charge in [-0.15, -0.1) is 11.3 Å². The average molecular weight is 335 g/mol. The Hall–Kier alpha value is -2.32. The Labute approximate surface area is 137 Å². The van der Waals surface area contributed by atoms with E-state index in [4.69, 9.17) is 4.74 Å². The van der Waals surface area contributed by atoms with Crippen molar-refractivity contribution in [1.82, 2.24) is 15.2 Å². The number of phenols is 2. The number of thiazole rings is 1. The van der Waals surface area contributed by atoms with E-state index >= 15 is 0 Å². The Bertz CT molecular complexity index is 698. The van der Waals surface area contributed by atoms with Crippen LogP contribution < -0.4 is 5.32 Å². The van der Waals surface area contributed by atoms with Crippen molar-refractivity contribution in [3.63, 3.8) is 0 Å². The number of nitrogens with zero attached hydrogens (tertiary/aromatic N) is 2. The van der Waals surface area contributed by atoms with Gasteiger partial charge < -0.3 is 25.2 Å². The van der Waals surface area contributed by atoms with Crippen molar-refractivity contribution in [3.05, 3.63) is 28.6 Å². The molecule has 1 aromatic heterocycles. The highest BCUT2D eigenvalue weighted by Crippen LogP contribution is 2.30. The fraction of sp³-hybridized carbons (Fsp3) is 0.333. The average Bonchev–Trinajstić information content (AvgIpc) is 3.05. The molecule has 7 nitrogen and oxygen atoms in total. The van der Waals surface area contributed by atoms with Gasteiger partial charge in [0.25, 0.3) is 0 Å². The topological polar surface area (TPSA) is 94.9 Å². The maximum Gasteiger partial charge on any atom is 0.317 e. The van der Waals surface area contributed by atoms with E-state index in [2.05, 4.69) is 10.3 Å². The fourth-order valence-electron chi connectivity index (χ4n) is 2.24. The summed E-state index contributed by atoms with van der Waals surface area (Å²) in [7, 11) is 0. The quantitative estimate of drug-likeness (QED) is 0.743. The van der Waals surface area contributed by atoms with Gasteiger partial charge >= 0.3 is 6.03 Å². The van der Waals surface area contributed by atoms with E-state index in [1.165, 1.54) is 23.5 Å². The number of urea groups is 1. The van der Waals surface area contributed by atoms with Crippen molar-refractivity contribution in [2.75, 3.05) is 26.3 Å². The number of nitrogens with one attached hydrogen (secondary N) is 1. The Balaban J connectivity index is 1.60. The lowest BCUT2D eigenvalue weighted by molar-refractivity contribution is 0.0531. The Kier molecular flexibility index (Phi) is 4.63. The molecule has 122 valence electrons. The molecule has 0 spiro atoms. The first kappa shape index (κ1) is 15.6. The summed E-state index contributed by atoms with van der Waals surface area (Å²) >= 11 is 1.43. The molecule has 8 heteroatoms. The minimum atomic E-state index is -0.183. The lowest BCUT2D eigenvalue weighted by Crippen LogP contribution is -2.45. The van der Waals surface area contributed by atoms with Gasteiger partial charge in [-0.1, -0.05) is 0 Å². The van der Waals surface area contributed by atoms with Gasteiger partial charge in [0.1, 0.15) is 5.01 Å². The van der Waals surface area contributed by atoms with Crippen LogP contribution in [0.2, 0.25) is 0 Å². The first-order valence-corrected chi connectivity index (χ1v) is 8.09. The molecule has 0 aliphatic carbocycles. The largest absolute Gasteiger partial charge is 0.504 e. The minimum Gasteiger partial charge on any atom is -0.504 e. The standard InChI is InChI=1S/C15H17N3O4S/c19-12-2-1-10(7-13(12)20)11-9-23-14(17-11)8-16-15(21)18-3-5-22-6-4-18/h1-2,7,9,19-20H,3-6,8H2,(H,16,21). The SMILES string of the molecule is O=C(NCc1nc(-c2ccc(O)c(O)c2)cs1)N1CCOCC1. The number of amides is 2. The van der Waals surface area contributed by atoms with Crippen LogP contribution in [-0.2, 0) is 11.3 Å². The van der Waals surface area contributed by atoms with Crippen LogP contribution in [0.3, 0.4) is 0 Å². The number of carbonyl (C=O) groups is 1. The Morgan fingerprint density at radius 2 is 2.09 bits per heavy atom. The van der Waals surface area contributed by atoms with E-state index in [0.29, 0.717) is 44.1 Å². The number of morpholine rings is 1. The lowest BCUT2D eigenvalue weighted by atomic mass is 10.1. The molecule has 0 atom stereocenters. The normalized spacial score (nSPS) is 14.7. The molecular formula is C15H17N3O4S. The van der Waals surface area contributed by atoms with Gasteiger partial charge in [0, 0.05) is 24.0 Å². The molecule has 2 amide bonds. The third-order valence-electron chi connectivity index (χ3n) is 3.51. The van der Waals surface area contributed by atoms with Crippen LogP contribution in [0.5, 0.6) is 11.5 Å². The third kappa shape index (κ3) is 3.72. The number of rotatable bonds is 3. The van der Waals surface area contributed by atoms with E-state index < -0.39 is 0 Å². The number of hydrogen-bond donors (Lipinski definition) is 3. The minimum absolute atomic E-state index is 0.118. The van der Waals surface area contributed by atoms with Crippen LogP contribution in [0.1, 0.15) is 5.01 Å². The maximum absolute atomic E-state index is 12.0. The van der Waals surface area contributed by atoms with Gasteiger partial charge in [-0.3, -0.25) is 0 Å². The van der Waals surface area contributed by atoms with E-state index in [1.807, 2.05) is 5.38 Å². The third-order valence-corrected chi connectivity index (χ3v) is 4.36. The van der Waals surface area contributed by atoms with Gasteiger partial charge in [0.2, 0.25) is 0 Å². The molecule has 3 rings (SSSR count). The summed E-state index contributed by atoms with van der Waals surface area (Å²) in [6.07, 6.45) is 0. The maximum atomic E-state index is 12.0.